The molecule has 78 valence electrons. The van der Waals surface area contributed by atoms with Gasteiger partial charge in [-0.15, -0.1) is 0 Å². The minimum Gasteiger partial charge on any atom is -0.389 e. The molecule has 0 heterocycles. The second-order valence-corrected chi connectivity index (χ2v) is 5.32. The predicted octanol–water partition coefficient (Wildman–Crippen LogP) is 1.91. The van der Waals surface area contributed by atoms with Crippen LogP contribution in [0.2, 0.25) is 0 Å². The predicted molar refractivity (Wildman–Crippen MR) is 55.4 cm³/mol. The third-order valence-electron chi connectivity index (χ3n) is 3.74. The van der Waals surface area contributed by atoms with Crippen molar-refractivity contribution < 1.29 is 5.11 Å². The second-order valence-electron chi connectivity index (χ2n) is 5.32. The van der Waals surface area contributed by atoms with Crippen LogP contribution < -0.4 is 5.73 Å². The summed E-state index contributed by atoms with van der Waals surface area (Å²) in [7, 11) is 0. The van der Waals surface area contributed by atoms with E-state index in [0.29, 0.717) is 12.5 Å². The van der Waals surface area contributed by atoms with E-state index in [9.17, 15) is 5.11 Å². The highest BCUT2D eigenvalue weighted by Crippen LogP contribution is 2.43. The third kappa shape index (κ3) is 2.05. The van der Waals surface area contributed by atoms with Crippen molar-refractivity contribution in [3.63, 3.8) is 0 Å². The number of nitrogens with two attached hydrogens (primary N) is 1. The van der Waals surface area contributed by atoms with Gasteiger partial charge in [0.1, 0.15) is 0 Å². The van der Waals surface area contributed by atoms with Crippen molar-refractivity contribution in [3.05, 3.63) is 0 Å². The largest absolute Gasteiger partial charge is 0.389 e. The summed E-state index contributed by atoms with van der Waals surface area (Å²) in [5.74, 6) is 0.643. The fourth-order valence-electron chi connectivity index (χ4n) is 2.33. The van der Waals surface area contributed by atoms with E-state index in [1.165, 1.54) is 6.42 Å². The summed E-state index contributed by atoms with van der Waals surface area (Å²) in [5, 5.41) is 10.5. The van der Waals surface area contributed by atoms with E-state index in [2.05, 4.69) is 20.8 Å². The van der Waals surface area contributed by atoms with Gasteiger partial charge in [-0.2, -0.15) is 0 Å². The highest BCUT2D eigenvalue weighted by molar-refractivity contribution is 4.97. The zero-order valence-corrected chi connectivity index (χ0v) is 9.14. The van der Waals surface area contributed by atoms with Gasteiger partial charge in [0.15, 0.2) is 0 Å². The first kappa shape index (κ1) is 11.0. The fourth-order valence-corrected chi connectivity index (χ4v) is 2.33. The van der Waals surface area contributed by atoms with Crippen LogP contribution in [0.25, 0.3) is 0 Å². The maximum absolute atomic E-state index is 10.5. The standard InChI is InChI=1S/C11H23NO/c1-9-5-4-6-11(13,7-9)10(2,3)8-12/h9,13H,4-8,12H2,1-3H3. The fraction of sp³-hybridized carbons (Fsp3) is 1.00. The van der Waals surface area contributed by atoms with E-state index in [0.717, 1.165) is 19.3 Å². The lowest BCUT2D eigenvalue weighted by molar-refractivity contribution is -0.100. The highest BCUT2D eigenvalue weighted by Gasteiger charge is 2.44. The van der Waals surface area contributed by atoms with Crippen molar-refractivity contribution in [1.29, 1.82) is 0 Å². The third-order valence-corrected chi connectivity index (χ3v) is 3.74. The summed E-state index contributed by atoms with van der Waals surface area (Å²) >= 11 is 0. The summed E-state index contributed by atoms with van der Waals surface area (Å²) in [5.41, 5.74) is 5.04. The maximum atomic E-state index is 10.5. The first-order valence-electron chi connectivity index (χ1n) is 5.34. The van der Waals surface area contributed by atoms with Gasteiger partial charge in [0.2, 0.25) is 0 Å². The molecule has 3 N–H and O–H groups in total. The Hall–Kier alpha value is -0.0800. The number of hydrogen-bond donors (Lipinski definition) is 2. The van der Waals surface area contributed by atoms with Crippen LogP contribution in [0.4, 0.5) is 0 Å². The van der Waals surface area contributed by atoms with Gasteiger partial charge in [-0.05, 0) is 18.8 Å². The van der Waals surface area contributed by atoms with Gasteiger partial charge < -0.3 is 10.8 Å². The van der Waals surface area contributed by atoms with Gasteiger partial charge >= 0.3 is 0 Å². The minimum atomic E-state index is -0.528. The summed E-state index contributed by atoms with van der Waals surface area (Å²) in [6, 6.07) is 0. The molecule has 0 amide bonds. The summed E-state index contributed by atoms with van der Waals surface area (Å²) < 4.78 is 0. The molecule has 2 heteroatoms. The van der Waals surface area contributed by atoms with Crippen LogP contribution in [0, 0.1) is 11.3 Å². The Morgan fingerprint density at radius 3 is 2.62 bits per heavy atom. The van der Waals surface area contributed by atoms with Gasteiger partial charge in [-0.1, -0.05) is 33.6 Å². The van der Waals surface area contributed by atoms with Crippen molar-refractivity contribution in [2.75, 3.05) is 6.54 Å². The molecule has 2 nitrogen and oxygen atoms in total. The Labute approximate surface area is 81.5 Å². The normalized spacial score (nSPS) is 36.2. The Kier molecular flexibility index (Phi) is 3.03. The SMILES string of the molecule is CC1CCCC(O)(C(C)(C)CN)C1. The molecular formula is C11H23NO. The first-order valence-corrected chi connectivity index (χ1v) is 5.34. The lowest BCUT2D eigenvalue weighted by atomic mass is 9.65. The molecule has 1 rings (SSSR count). The topological polar surface area (TPSA) is 46.2 Å². The zero-order valence-electron chi connectivity index (χ0n) is 9.14. The van der Waals surface area contributed by atoms with Crippen LogP contribution in [0.1, 0.15) is 46.5 Å². The summed E-state index contributed by atoms with van der Waals surface area (Å²) in [6.45, 7) is 6.93. The summed E-state index contributed by atoms with van der Waals surface area (Å²) in [4.78, 5) is 0. The molecule has 0 aromatic rings. The first-order chi connectivity index (χ1) is 5.91. The van der Waals surface area contributed by atoms with Gasteiger partial charge in [0.25, 0.3) is 0 Å². The molecule has 1 saturated carbocycles. The number of aliphatic hydroxyl groups is 1. The van der Waals surface area contributed by atoms with E-state index in [1.54, 1.807) is 0 Å². The Bertz CT molecular complexity index is 179. The molecule has 0 spiro atoms. The van der Waals surface area contributed by atoms with Crippen LogP contribution in [0.5, 0.6) is 0 Å². The average Bonchev–Trinajstić information content (AvgIpc) is 2.03. The van der Waals surface area contributed by atoms with Gasteiger partial charge in [-0.25, -0.2) is 0 Å². The molecule has 0 aliphatic heterocycles. The summed E-state index contributed by atoms with van der Waals surface area (Å²) in [6.07, 6.45) is 4.22. The molecule has 0 saturated heterocycles. The molecule has 1 aliphatic carbocycles. The smallest absolute Gasteiger partial charge is 0.0713 e. The zero-order chi connectivity index (χ0) is 10.1. The molecule has 0 aromatic carbocycles. The van der Waals surface area contributed by atoms with Crippen LogP contribution in [0.15, 0.2) is 0 Å². The van der Waals surface area contributed by atoms with Gasteiger partial charge in [0, 0.05) is 12.0 Å². The van der Waals surface area contributed by atoms with Crippen LogP contribution in [0.3, 0.4) is 0 Å². The molecule has 0 bridgehead atoms. The quantitative estimate of drug-likeness (QED) is 0.690. The Morgan fingerprint density at radius 2 is 2.15 bits per heavy atom. The number of rotatable bonds is 2. The van der Waals surface area contributed by atoms with Crippen LogP contribution in [-0.4, -0.2) is 17.3 Å². The maximum Gasteiger partial charge on any atom is 0.0713 e. The molecule has 1 aliphatic rings. The molecule has 0 aromatic heterocycles. The minimum absolute atomic E-state index is 0.137. The van der Waals surface area contributed by atoms with Crippen molar-refractivity contribution >= 4 is 0 Å². The Morgan fingerprint density at radius 1 is 1.54 bits per heavy atom. The second kappa shape index (κ2) is 3.58. The highest BCUT2D eigenvalue weighted by atomic mass is 16.3. The Balaban J connectivity index is 2.74. The van der Waals surface area contributed by atoms with E-state index < -0.39 is 5.60 Å². The van der Waals surface area contributed by atoms with Crippen molar-refractivity contribution in [1.82, 2.24) is 0 Å². The van der Waals surface area contributed by atoms with E-state index in [4.69, 9.17) is 5.73 Å². The van der Waals surface area contributed by atoms with E-state index in [-0.39, 0.29) is 5.41 Å². The molecular weight excluding hydrogens is 162 g/mol. The van der Waals surface area contributed by atoms with Crippen molar-refractivity contribution in [2.24, 2.45) is 17.1 Å². The van der Waals surface area contributed by atoms with Gasteiger partial charge in [0.05, 0.1) is 5.60 Å². The lowest BCUT2D eigenvalue weighted by Gasteiger charge is -2.46. The van der Waals surface area contributed by atoms with Gasteiger partial charge in [-0.3, -0.25) is 0 Å². The lowest BCUT2D eigenvalue weighted by Crippen LogP contribution is -2.51. The van der Waals surface area contributed by atoms with E-state index >= 15 is 0 Å². The number of hydrogen-bond acceptors (Lipinski definition) is 2. The monoisotopic (exact) mass is 185 g/mol. The van der Waals surface area contributed by atoms with Crippen molar-refractivity contribution in [3.8, 4) is 0 Å². The average molecular weight is 185 g/mol. The molecule has 2 unspecified atom stereocenters. The molecule has 1 fully saturated rings. The molecule has 13 heavy (non-hydrogen) atoms. The van der Waals surface area contributed by atoms with E-state index in [1.807, 2.05) is 0 Å². The van der Waals surface area contributed by atoms with Crippen LogP contribution >= 0.6 is 0 Å². The molecule has 0 radical (unpaired) electrons. The van der Waals surface area contributed by atoms with Crippen LogP contribution in [-0.2, 0) is 0 Å². The van der Waals surface area contributed by atoms with Crippen molar-refractivity contribution in [2.45, 2.75) is 52.1 Å². The molecule has 2 atom stereocenters.